The van der Waals surface area contributed by atoms with E-state index >= 15 is 0 Å². The molecule has 4 saturated carbocycles. The van der Waals surface area contributed by atoms with E-state index in [2.05, 4.69) is 15.6 Å². The monoisotopic (exact) mass is 291 g/mol. The van der Waals surface area contributed by atoms with Crippen LogP contribution in [0.4, 0.5) is 9.93 Å². The zero-order valence-electron chi connectivity index (χ0n) is 11.6. The summed E-state index contributed by atoms with van der Waals surface area (Å²) in [6.45, 7) is 0.841. The van der Waals surface area contributed by atoms with Gasteiger partial charge in [-0.25, -0.2) is 9.78 Å². The van der Waals surface area contributed by atoms with E-state index in [4.69, 9.17) is 0 Å². The van der Waals surface area contributed by atoms with Crippen molar-refractivity contribution in [1.29, 1.82) is 0 Å². The third-order valence-electron chi connectivity index (χ3n) is 5.44. The molecular weight excluding hydrogens is 270 g/mol. The maximum absolute atomic E-state index is 11.9. The highest BCUT2D eigenvalue weighted by Crippen LogP contribution is 2.59. The molecule has 4 fully saturated rings. The average molecular weight is 291 g/mol. The van der Waals surface area contributed by atoms with Crippen LogP contribution in [0, 0.1) is 23.2 Å². The van der Waals surface area contributed by atoms with Crippen LogP contribution >= 0.6 is 11.3 Å². The van der Waals surface area contributed by atoms with Gasteiger partial charge in [0, 0.05) is 18.1 Å². The highest BCUT2D eigenvalue weighted by molar-refractivity contribution is 7.13. The predicted molar refractivity (Wildman–Crippen MR) is 79.7 cm³/mol. The van der Waals surface area contributed by atoms with Crippen LogP contribution in [-0.2, 0) is 0 Å². The minimum absolute atomic E-state index is 0.101. The molecule has 2 amide bonds. The number of nitrogens with one attached hydrogen (secondary N) is 2. The van der Waals surface area contributed by atoms with Crippen molar-refractivity contribution in [1.82, 2.24) is 10.3 Å². The smallest absolute Gasteiger partial charge is 0.321 e. The Balaban J connectivity index is 1.36. The second-order valence-corrected chi connectivity index (χ2v) is 7.96. The van der Waals surface area contributed by atoms with Gasteiger partial charge in [0.15, 0.2) is 5.13 Å². The zero-order chi connectivity index (χ0) is 13.6. The molecule has 0 unspecified atom stereocenters. The summed E-state index contributed by atoms with van der Waals surface area (Å²) < 4.78 is 0. The van der Waals surface area contributed by atoms with Crippen LogP contribution < -0.4 is 10.6 Å². The number of thiazole rings is 1. The van der Waals surface area contributed by atoms with E-state index in [1.807, 2.05) is 5.38 Å². The Labute approximate surface area is 123 Å². The molecule has 1 aromatic rings. The molecule has 0 atom stereocenters. The van der Waals surface area contributed by atoms with Crippen LogP contribution in [0.2, 0.25) is 0 Å². The van der Waals surface area contributed by atoms with Crippen LogP contribution in [-0.4, -0.2) is 17.6 Å². The molecule has 0 aromatic carbocycles. The summed E-state index contributed by atoms with van der Waals surface area (Å²) in [5, 5.41) is 8.45. The molecule has 20 heavy (non-hydrogen) atoms. The van der Waals surface area contributed by atoms with Crippen molar-refractivity contribution in [2.24, 2.45) is 23.2 Å². The molecular formula is C15H21N3OS. The first-order valence-electron chi connectivity index (χ1n) is 7.65. The van der Waals surface area contributed by atoms with E-state index in [9.17, 15) is 4.79 Å². The normalized spacial score (nSPS) is 37.9. The van der Waals surface area contributed by atoms with Gasteiger partial charge in [0.25, 0.3) is 0 Å². The molecule has 0 radical (unpaired) electrons. The van der Waals surface area contributed by atoms with Gasteiger partial charge in [-0.15, -0.1) is 11.3 Å². The first-order chi connectivity index (χ1) is 9.71. The summed E-state index contributed by atoms with van der Waals surface area (Å²) in [6, 6.07) is -0.101. The number of urea groups is 1. The number of hydrogen-bond acceptors (Lipinski definition) is 3. The molecule has 5 rings (SSSR count). The van der Waals surface area contributed by atoms with Crippen molar-refractivity contribution >= 4 is 22.5 Å². The molecule has 1 aromatic heterocycles. The van der Waals surface area contributed by atoms with Gasteiger partial charge in [0.05, 0.1) is 0 Å². The summed E-state index contributed by atoms with van der Waals surface area (Å²) >= 11 is 1.45. The number of anilines is 1. The summed E-state index contributed by atoms with van der Waals surface area (Å²) in [5.41, 5.74) is 0.398. The van der Waals surface area contributed by atoms with Gasteiger partial charge in [-0.3, -0.25) is 5.32 Å². The highest BCUT2D eigenvalue weighted by atomic mass is 32.1. The summed E-state index contributed by atoms with van der Waals surface area (Å²) in [6.07, 6.45) is 10.0. The molecule has 0 aliphatic heterocycles. The van der Waals surface area contributed by atoms with Crippen LogP contribution in [0.15, 0.2) is 11.6 Å². The molecule has 108 valence electrons. The van der Waals surface area contributed by atoms with Gasteiger partial charge >= 0.3 is 6.03 Å². The Morgan fingerprint density at radius 1 is 1.25 bits per heavy atom. The Bertz CT molecular complexity index is 464. The van der Waals surface area contributed by atoms with Crippen molar-refractivity contribution in [2.75, 3.05) is 11.9 Å². The molecule has 2 N–H and O–H groups in total. The van der Waals surface area contributed by atoms with Gasteiger partial charge in [-0.2, -0.15) is 0 Å². The predicted octanol–water partition coefficient (Wildman–Crippen LogP) is 3.48. The number of amides is 2. The quantitative estimate of drug-likeness (QED) is 0.895. The van der Waals surface area contributed by atoms with Gasteiger partial charge in [-0.05, 0) is 61.7 Å². The maximum Gasteiger partial charge on any atom is 0.321 e. The van der Waals surface area contributed by atoms with Crippen LogP contribution in [0.1, 0.15) is 38.5 Å². The Hall–Kier alpha value is -1.10. The van der Waals surface area contributed by atoms with Crippen LogP contribution in [0.25, 0.3) is 0 Å². The van der Waals surface area contributed by atoms with E-state index in [0.29, 0.717) is 10.5 Å². The second kappa shape index (κ2) is 4.72. The number of nitrogens with zero attached hydrogens (tertiary/aromatic N) is 1. The number of rotatable bonds is 3. The third kappa shape index (κ3) is 2.32. The number of hydrogen-bond donors (Lipinski definition) is 2. The molecule has 4 bridgehead atoms. The fourth-order valence-electron chi connectivity index (χ4n) is 5.20. The van der Waals surface area contributed by atoms with Crippen molar-refractivity contribution in [2.45, 2.75) is 38.5 Å². The van der Waals surface area contributed by atoms with Crippen molar-refractivity contribution in [3.63, 3.8) is 0 Å². The van der Waals surface area contributed by atoms with E-state index in [0.717, 1.165) is 24.3 Å². The second-order valence-electron chi connectivity index (χ2n) is 7.06. The maximum atomic E-state index is 11.9. The zero-order valence-corrected chi connectivity index (χ0v) is 12.4. The summed E-state index contributed by atoms with van der Waals surface area (Å²) in [4.78, 5) is 16.0. The van der Waals surface area contributed by atoms with Gasteiger partial charge < -0.3 is 5.32 Å². The lowest BCUT2D eigenvalue weighted by atomic mass is 9.49. The average Bonchev–Trinajstić information content (AvgIpc) is 2.88. The third-order valence-corrected chi connectivity index (χ3v) is 6.13. The van der Waals surface area contributed by atoms with Crippen molar-refractivity contribution in [3.8, 4) is 0 Å². The fourth-order valence-corrected chi connectivity index (χ4v) is 5.72. The summed E-state index contributed by atoms with van der Waals surface area (Å²) in [7, 11) is 0. The van der Waals surface area contributed by atoms with Crippen molar-refractivity contribution in [3.05, 3.63) is 11.6 Å². The van der Waals surface area contributed by atoms with Gasteiger partial charge in [0.2, 0.25) is 0 Å². The Morgan fingerprint density at radius 3 is 2.45 bits per heavy atom. The molecule has 5 heteroatoms. The number of carbonyl (C=O) groups is 1. The van der Waals surface area contributed by atoms with Gasteiger partial charge in [-0.1, -0.05) is 0 Å². The molecule has 4 aliphatic rings. The minimum Gasteiger partial charge on any atom is -0.337 e. The minimum atomic E-state index is -0.101. The van der Waals surface area contributed by atoms with E-state index < -0.39 is 0 Å². The van der Waals surface area contributed by atoms with E-state index in [-0.39, 0.29) is 6.03 Å². The van der Waals surface area contributed by atoms with Crippen LogP contribution in [0.3, 0.4) is 0 Å². The standard InChI is InChI=1S/C15H21N3OS/c19-13(18-14-16-1-2-20-14)17-9-15-6-10-3-11(7-15)5-12(4-10)8-15/h1-2,10-12H,3-9H2,(H2,16,17,18,19). The fraction of sp³-hybridized carbons (Fsp3) is 0.733. The first kappa shape index (κ1) is 12.6. The van der Waals surface area contributed by atoms with Gasteiger partial charge in [0.1, 0.15) is 0 Å². The Morgan fingerprint density at radius 2 is 1.90 bits per heavy atom. The largest absolute Gasteiger partial charge is 0.337 e. The molecule has 1 heterocycles. The first-order valence-corrected chi connectivity index (χ1v) is 8.53. The van der Waals surface area contributed by atoms with E-state index in [1.54, 1.807) is 6.20 Å². The molecule has 0 spiro atoms. The lowest BCUT2D eigenvalue weighted by Crippen LogP contribution is -2.51. The van der Waals surface area contributed by atoms with E-state index in [1.165, 1.54) is 49.9 Å². The number of aromatic nitrogens is 1. The van der Waals surface area contributed by atoms with Crippen molar-refractivity contribution < 1.29 is 4.79 Å². The molecule has 0 saturated heterocycles. The summed E-state index contributed by atoms with van der Waals surface area (Å²) in [5.74, 6) is 2.81. The lowest BCUT2D eigenvalue weighted by Gasteiger charge is -2.56. The highest BCUT2D eigenvalue weighted by Gasteiger charge is 2.50. The topological polar surface area (TPSA) is 54.0 Å². The Kier molecular flexibility index (Phi) is 2.98. The number of carbonyl (C=O) groups excluding carboxylic acids is 1. The van der Waals surface area contributed by atoms with Crippen LogP contribution in [0.5, 0.6) is 0 Å². The lowest BCUT2D eigenvalue weighted by molar-refractivity contribution is -0.0496. The molecule has 4 aliphatic carbocycles. The SMILES string of the molecule is O=C(NCC12CC3CC(CC(C3)C1)C2)Nc1nccs1. The molecule has 4 nitrogen and oxygen atoms in total.